The Morgan fingerprint density at radius 1 is 1.33 bits per heavy atom. The average molecular weight is 331 g/mol. The standard InChI is InChI=1S/C13H10BrClFNO/c14-11-3-2-10(16)5-8(11)6-13(18)12-4-1-9(15)7-17-12/h1-5,7,13,18H,6H2. The maximum atomic E-state index is 13.1. The minimum absolute atomic E-state index is 0.285. The number of halogens is 3. The SMILES string of the molecule is OC(Cc1cc(F)ccc1Br)c1ccc(Cl)cn1. The van der Waals surface area contributed by atoms with Crippen LogP contribution >= 0.6 is 27.5 Å². The summed E-state index contributed by atoms with van der Waals surface area (Å²) in [7, 11) is 0. The molecule has 1 unspecified atom stereocenters. The molecule has 0 aliphatic heterocycles. The van der Waals surface area contributed by atoms with Gasteiger partial charge in [-0.15, -0.1) is 0 Å². The van der Waals surface area contributed by atoms with Crippen molar-refractivity contribution in [2.24, 2.45) is 0 Å². The van der Waals surface area contributed by atoms with Gasteiger partial charge in [0.15, 0.2) is 0 Å². The van der Waals surface area contributed by atoms with E-state index in [9.17, 15) is 9.50 Å². The highest BCUT2D eigenvalue weighted by atomic mass is 79.9. The normalized spacial score (nSPS) is 12.4. The van der Waals surface area contributed by atoms with Gasteiger partial charge in [0.25, 0.3) is 0 Å². The molecular weight excluding hydrogens is 321 g/mol. The monoisotopic (exact) mass is 329 g/mol. The zero-order chi connectivity index (χ0) is 13.1. The average Bonchev–Trinajstić information content (AvgIpc) is 2.34. The van der Waals surface area contributed by atoms with Crippen LogP contribution in [0.3, 0.4) is 0 Å². The summed E-state index contributed by atoms with van der Waals surface area (Å²) in [5, 5.41) is 10.5. The summed E-state index contributed by atoms with van der Waals surface area (Å²) >= 11 is 9.05. The molecule has 18 heavy (non-hydrogen) atoms. The highest BCUT2D eigenvalue weighted by Crippen LogP contribution is 2.24. The molecule has 1 N–H and O–H groups in total. The number of nitrogens with zero attached hydrogens (tertiary/aromatic N) is 1. The Kier molecular flexibility index (Phi) is 4.32. The fourth-order valence-corrected chi connectivity index (χ4v) is 2.12. The van der Waals surface area contributed by atoms with Crippen LogP contribution in [-0.2, 0) is 6.42 Å². The number of aliphatic hydroxyl groups excluding tert-OH is 1. The van der Waals surface area contributed by atoms with E-state index in [4.69, 9.17) is 11.6 Å². The van der Waals surface area contributed by atoms with E-state index in [1.807, 2.05) is 0 Å². The van der Waals surface area contributed by atoms with Gasteiger partial charge in [0, 0.05) is 17.1 Å². The first-order valence-corrected chi connectivity index (χ1v) is 6.47. The van der Waals surface area contributed by atoms with Crippen LogP contribution < -0.4 is 0 Å². The first-order chi connectivity index (χ1) is 8.56. The summed E-state index contributed by atoms with van der Waals surface area (Å²) in [6.45, 7) is 0. The largest absolute Gasteiger partial charge is 0.386 e. The first-order valence-electron chi connectivity index (χ1n) is 5.29. The summed E-state index contributed by atoms with van der Waals surface area (Å²) in [6.07, 6.45) is 0.966. The van der Waals surface area contributed by atoms with Gasteiger partial charge in [0.2, 0.25) is 0 Å². The van der Waals surface area contributed by atoms with Crippen LogP contribution in [0.15, 0.2) is 41.0 Å². The molecule has 0 spiro atoms. The summed E-state index contributed by atoms with van der Waals surface area (Å²) in [4.78, 5) is 4.04. The minimum atomic E-state index is -0.791. The van der Waals surface area contributed by atoms with E-state index in [1.165, 1.54) is 18.3 Å². The molecule has 0 bridgehead atoms. The van der Waals surface area contributed by atoms with E-state index in [2.05, 4.69) is 20.9 Å². The van der Waals surface area contributed by atoms with Gasteiger partial charge in [-0.25, -0.2) is 4.39 Å². The number of hydrogen-bond donors (Lipinski definition) is 1. The third-order valence-corrected chi connectivity index (χ3v) is 3.51. The zero-order valence-corrected chi connectivity index (χ0v) is 11.6. The van der Waals surface area contributed by atoms with Gasteiger partial charge in [0.05, 0.1) is 16.8 Å². The molecule has 0 aliphatic rings. The van der Waals surface area contributed by atoms with Crippen LogP contribution in [0.2, 0.25) is 5.02 Å². The fourth-order valence-electron chi connectivity index (χ4n) is 1.60. The molecule has 0 amide bonds. The Balaban J connectivity index is 2.18. The fraction of sp³-hybridized carbons (Fsp3) is 0.154. The third-order valence-electron chi connectivity index (χ3n) is 2.51. The van der Waals surface area contributed by atoms with E-state index >= 15 is 0 Å². The molecule has 0 saturated carbocycles. The molecular formula is C13H10BrClFNO. The van der Waals surface area contributed by atoms with Crippen molar-refractivity contribution in [3.05, 3.63) is 63.1 Å². The molecule has 5 heteroatoms. The second-order valence-electron chi connectivity index (χ2n) is 3.86. The quantitative estimate of drug-likeness (QED) is 0.925. The lowest BCUT2D eigenvalue weighted by molar-refractivity contribution is 0.173. The van der Waals surface area contributed by atoms with Gasteiger partial charge in [-0.2, -0.15) is 0 Å². The van der Waals surface area contributed by atoms with Crippen LogP contribution in [0, 0.1) is 5.82 Å². The van der Waals surface area contributed by atoms with Gasteiger partial charge in [0.1, 0.15) is 5.82 Å². The second kappa shape index (κ2) is 5.78. The van der Waals surface area contributed by atoms with Crippen LogP contribution in [0.5, 0.6) is 0 Å². The Morgan fingerprint density at radius 3 is 2.78 bits per heavy atom. The number of benzene rings is 1. The van der Waals surface area contributed by atoms with E-state index < -0.39 is 6.10 Å². The molecule has 2 rings (SSSR count). The van der Waals surface area contributed by atoms with Gasteiger partial charge in [-0.05, 0) is 35.9 Å². The molecule has 1 atom stereocenters. The second-order valence-corrected chi connectivity index (χ2v) is 5.15. The maximum Gasteiger partial charge on any atom is 0.123 e. The highest BCUT2D eigenvalue weighted by Gasteiger charge is 2.12. The molecule has 1 heterocycles. The molecule has 0 saturated heterocycles. The topological polar surface area (TPSA) is 33.1 Å². The summed E-state index contributed by atoms with van der Waals surface area (Å²) < 4.78 is 13.9. The smallest absolute Gasteiger partial charge is 0.123 e. The number of aliphatic hydroxyl groups is 1. The van der Waals surface area contributed by atoms with Crippen molar-refractivity contribution < 1.29 is 9.50 Å². The Hall–Kier alpha value is -0.970. The number of hydrogen-bond acceptors (Lipinski definition) is 2. The van der Waals surface area contributed by atoms with E-state index in [0.29, 0.717) is 16.3 Å². The molecule has 2 aromatic rings. The highest BCUT2D eigenvalue weighted by molar-refractivity contribution is 9.10. The van der Waals surface area contributed by atoms with Crippen LogP contribution in [0.4, 0.5) is 4.39 Å². The summed E-state index contributed by atoms with van der Waals surface area (Å²) in [5.74, 6) is -0.329. The van der Waals surface area contributed by atoms with Crippen LogP contribution in [0.25, 0.3) is 0 Å². The number of rotatable bonds is 3. The number of aromatic nitrogens is 1. The van der Waals surface area contributed by atoms with E-state index in [0.717, 1.165) is 4.47 Å². The predicted molar refractivity (Wildman–Crippen MR) is 72.0 cm³/mol. The zero-order valence-electron chi connectivity index (χ0n) is 9.28. The molecule has 94 valence electrons. The molecule has 0 fully saturated rings. The molecule has 0 aliphatic carbocycles. The third kappa shape index (κ3) is 3.28. The molecule has 1 aromatic carbocycles. The van der Waals surface area contributed by atoms with Crippen molar-refractivity contribution in [3.63, 3.8) is 0 Å². The molecule has 1 aromatic heterocycles. The van der Waals surface area contributed by atoms with Crippen LogP contribution in [0.1, 0.15) is 17.4 Å². The summed E-state index contributed by atoms with van der Waals surface area (Å²) in [5.41, 5.74) is 1.20. The van der Waals surface area contributed by atoms with Crippen molar-refractivity contribution >= 4 is 27.5 Å². The Morgan fingerprint density at radius 2 is 2.11 bits per heavy atom. The van der Waals surface area contributed by atoms with Gasteiger partial charge in [-0.1, -0.05) is 27.5 Å². The van der Waals surface area contributed by atoms with Crippen molar-refractivity contribution in [2.45, 2.75) is 12.5 Å². The van der Waals surface area contributed by atoms with Crippen molar-refractivity contribution in [1.82, 2.24) is 4.98 Å². The molecule has 0 radical (unpaired) electrons. The van der Waals surface area contributed by atoms with Crippen molar-refractivity contribution in [2.75, 3.05) is 0 Å². The lowest BCUT2D eigenvalue weighted by Crippen LogP contribution is -2.04. The van der Waals surface area contributed by atoms with E-state index in [-0.39, 0.29) is 12.2 Å². The maximum absolute atomic E-state index is 13.1. The van der Waals surface area contributed by atoms with Crippen LogP contribution in [-0.4, -0.2) is 10.1 Å². The lowest BCUT2D eigenvalue weighted by atomic mass is 10.1. The lowest BCUT2D eigenvalue weighted by Gasteiger charge is -2.11. The Labute approximate surface area is 118 Å². The Bertz CT molecular complexity index is 547. The van der Waals surface area contributed by atoms with Crippen molar-refractivity contribution in [3.8, 4) is 0 Å². The minimum Gasteiger partial charge on any atom is -0.386 e. The number of pyridine rings is 1. The first kappa shape index (κ1) is 13.5. The van der Waals surface area contributed by atoms with Gasteiger partial charge in [-0.3, -0.25) is 4.98 Å². The van der Waals surface area contributed by atoms with Gasteiger partial charge < -0.3 is 5.11 Å². The van der Waals surface area contributed by atoms with Crippen molar-refractivity contribution in [1.29, 1.82) is 0 Å². The van der Waals surface area contributed by atoms with E-state index in [1.54, 1.807) is 18.2 Å². The van der Waals surface area contributed by atoms with Gasteiger partial charge >= 0.3 is 0 Å². The predicted octanol–water partition coefficient (Wildman–Crippen LogP) is 3.91. The molecule has 2 nitrogen and oxygen atoms in total. The summed E-state index contributed by atoms with van der Waals surface area (Å²) in [6, 6.07) is 7.68.